The number of aryl methyl sites for hydroxylation is 1. The number of para-hydroxylation sites is 2. The van der Waals surface area contributed by atoms with Crippen molar-refractivity contribution in [2.45, 2.75) is 12.8 Å². The number of amides is 1. The predicted octanol–water partition coefficient (Wildman–Crippen LogP) is 1.91. The highest BCUT2D eigenvalue weighted by Gasteiger charge is 2.08. The van der Waals surface area contributed by atoms with Crippen molar-refractivity contribution in [1.82, 2.24) is 15.4 Å². The summed E-state index contributed by atoms with van der Waals surface area (Å²) >= 11 is 0. The molecule has 9 nitrogen and oxygen atoms in total. The second-order valence-corrected chi connectivity index (χ2v) is 5.67. The molecule has 0 atom stereocenters. The van der Waals surface area contributed by atoms with Gasteiger partial charge in [0.05, 0.1) is 22.2 Å². The number of nitro benzene ring substituents is 1. The average molecular weight is 365 g/mol. The van der Waals surface area contributed by atoms with Gasteiger partial charge in [0, 0.05) is 25.0 Å². The van der Waals surface area contributed by atoms with Gasteiger partial charge >= 0.3 is 0 Å². The first-order valence-electron chi connectivity index (χ1n) is 8.07. The van der Waals surface area contributed by atoms with Crippen LogP contribution in [-0.2, 0) is 11.2 Å². The van der Waals surface area contributed by atoms with Crippen molar-refractivity contribution in [1.29, 1.82) is 0 Å². The second-order valence-electron chi connectivity index (χ2n) is 5.67. The van der Waals surface area contributed by atoms with Gasteiger partial charge in [-0.3, -0.25) is 19.7 Å². The number of hydrogen-bond donors (Lipinski definition) is 2. The van der Waals surface area contributed by atoms with Gasteiger partial charge in [-0.1, -0.05) is 12.1 Å². The Morgan fingerprint density at radius 1 is 1.22 bits per heavy atom. The number of nitrogens with zero attached hydrogens (tertiary/aromatic N) is 3. The monoisotopic (exact) mass is 365 g/mol. The molecule has 27 heavy (non-hydrogen) atoms. The summed E-state index contributed by atoms with van der Waals surface area (Å²) < 4.78 is 0. The largest absolute Gasteiger partial charge is 0.319 e. The quantitative estimate of drug-likeness (QED) is 0.391. The number of nitro groups is 1. The van der Waals surface area contributed by atoms with Gasteiger partial charge in [-0.15, -0.1) is 0 Å². The fraction of sp³-hybridized carbons (Fsp3) is 0.111. The van der Waals surface area contributed by atoms with E-state index in [9.17, 15) is 19.7 Å². The number of carbonyl (C=O) groups is 1. The lowest BCUT2D eigenvalue weighted by Gasteiger charge is -2.02. The number of H-pyrrole nitrogens is 1. The fourth-order valence-corrected chi connectivity index (χ4v) is 2.39. The summed E-state index contributed by atoms with van der Waals surface area (Å²) in [7, 11) is 0. The molecule has 0 saturated carbocycles. The van der Waals surface area contributed by atoms with Crippen molar-refractivity contribution in [3.63, 3.8) is 0 Å². The number of carbonyl (C=O) groups excluding carboxylic acids is 1. The summed E-state index contributed by atoms with van der Waals surface area (Å²) in [6.45, 7) is 0. The summed E-state index contributed by atoms with van der Waals surface area (Å²) in [6.07, 6.45) is 1.60. The molecule has 0 aliphatic rings. The lowest BCUT2D eigenvalue weighted by molar-refractivity contribution is -0.384. The van der Waals surface area contributed by atoms with E-state index in [1.54, 1.807) is 18.2 Å². The van der Waals surface area contributed by atoms with Crippen LogP contribution in [0.4, 0.5) is 5.69 Å². The van der Waals surface area contributed by atoms with Crippen molar-refractivity contribution in [2.24, 2.45) is 5.10 Å². The van der Waals surface area contributed by atoms with Crippen LogP contribution in [0.2, 0.25) is 0 Å². The molecule has 136 valence electrons. The highest BCUT2D eigenvalue weighted by Crippen LogP contribution is 2.10. The summed E-state index contributed by atoms with van der Waals surface area (Å²) in [5.74, 6) is -0.373. The van der Waals surface area contributed by atoms with E-state index in [-0.39, 0.29) is 35.7 Å². The number of fused-ring (bicyclic) bond motifs is 1. The number of hydrogen-bond acceptors (Lipinski definition) is 6. The van der Waals surface area contributed by atoms with Gasteiger partial charge in [-0.25, -0.2) is 10.4 Å². The Labute approximate surface area is 152 Å². The number of nitrogens with one attached hydrogen (secondary N) is 2. The van der Waals surface area contributed by atoms with Gasteiger partial charge in [-0.2, -0.15) is 5.10 Å². The Hall–Kier alpha value is -3.88. The van der Waals surface area contributed by atoms with E-state index in [4.69, 9.17) is 0 Å². The Morgan fingerprint density at radius 3 is 2.70 bits per heavy atom. The van der Waals surface area contributed by atoms with Crippen LogP contribution in [0.1, 0.15) is 17.7 Å². The molecule has 0 aliphatic heterocycles. The van der Waals surface area contributed by atoms with Crippen molar-refractivity contribution in [3.8, 4) is 0 Å². The van der Waals surface area contributed by atoms with Crippen LogP contribution in [0.25, 0.3) is 11.0 Å². The van der Waals surface area contributed by atoms with Crippen LogP contribution in [0.3, 0.4) is 0 Å². The Morgan fingerprint density at radius 2 is 1.96 bits per heavy atom. The maximum Gasteiger partial charge on any atom is 0.270 e. The highest BCUT2D eigenvalue weighted by molar-refractivity contribution is 5.82. The lowest BCUT2D eigenvalue weighted by Crippen LogP contribution is -2.21. The third kappa shape index (κ3) is 4.60. The minimum absolute atomic E-state index is 0.0238. The normalized spacial score (nSPS) is 11.0. The number of aromatic amines is 1. The molecule has 0 spiro atoms. The van der Waals surface area contributed by atoms with Crippen LogP contribution in [0.5, 0.6) is 0 Å². The van der Waals surface area contributed by atoms with Gasteiger partial charge in [0.25, 0.3) is 11.2 Å². The molecule has 0 aliphatic carbocycles. The maximum absolute atomic E-state index is 12.0. The van der Waals surface area contributed by atoms with Gasteiger partial charge < -0.3 is 4.98 Å². The van der Waals surface area contributed by atoms with Crippen molar-refractivity contribution in [2.75, 3.05) is 0 Å². The van der Waals surface area contributed by atoms with E-state index < -0.39 is 4.92 Å². The molecule has 3 rings (SSSR count). The third-order valence-electron chi connectivity index (χ3n) is 3.77. The average Bonchev–Trinajstić information content (AvgIpc) is 2.66. The zero-order valence-electron chi connectivity index (χ0n) is 14.1. The molecule has 2 aromatic carbocycles. The molecular weight excluding hydrogens is 350 g/mol. The van der Waals surface area contributed by atoms with E-state index >= 15 is 0 Å². The number of hydrazone groups is 1. The van der Waals surface area contributed by atoms with Crippen LogP contribution < -0.4 is 11.0 Å². The molecule has 0 saturated heterocycles. The summed E-state index contributed by atoms with van der Waals surface area (Å²) in [5, 5.41) is 14.4. The number of aromatic nitrogens is 2. The number of non-ortho nitro benzene ring substituents is 1. The minimum Gasteiger partial charge on any atom is -0.319 e. The molecular formula is C18H15N5O4. The number of benzene rings is 2. The standard InChI is InChI=1S/C18H15N5O4/c24-17(22-19-11-12-5-7-13(8-6-12)23(26)27)10-9-16-18(25)21-15-4-2-1-3-14(15)20-16/h1-8,11H,9-10H2,(H,21,25)(H,22,24)/b19-11+. The minimum atomic E-state index is -0.495. The van der Waals surface area contributed by atoms with Crippen LogP contribution in [-0.4, -0.2) is 27.0 Å². The van der Waals surface area contributed by atoms with Gasteiger partial charge in [0.1, 0.15) is 5.69 Å². The molecule has 1 amide bonds. The molecule has 0 fully saturated rings. The summed E-state index contributed by atoms with van der Waals surface area (Å²) in [4.78, 5) is 41.0. The smallest absolute Gasteiger partial charge is 0.270 e. The first kappa shape index (κ1) is 17.9. The van der Waals surface area contributed by atoms with Crippen molar-refractivity contribution < 1.29 is 9.72 Å². The lowest BCUT2D eigenvalue weighted by atomic mass is 10.2. The molecule has 0 unspecified atom stereocenters. The summed E-state index contributed by atoms with van der Waals surface area (Å²) in [5.41, 5.74) is 4.19. The summed E-state index contributed by atoms with van der Waals surface area (Å²) in [6, 6.07) is 12.9. The van der Waals surface area contributed by atoms with Crippen LogP contribution >= 0.6 is 0 Å². The molecule has 0 bridgehead atoms. The van der Waals surface area contributed by atoms with Gasteiger partial charge in [0.15, 0.2) is 0 Å². The molecule has 2 N–H and O–H groups in total. The Balaban J connectivity index is 1.56. The SMILES string of the molecule is O=C(CCc1nc2ccccc2[nH]c1=O)N/N=C/c1ccc([N+](=O)[O-])cc1. The van der Waals surface area contributed by atoms with Crippen LogP contribution in [0, 0.1) is 10.1 Å². The maximum atomic E-state index is 12.0. The van der Waals surface area contributed by atoms with E-state index in [2.05, 4.69) is 20.5 Å². The molecule has 9 heteroatoms. The van der Waals surface area contributed by atoms with Gasteiger partial charge in [0.2, 0.25) is 5.91 Å². The number of rotatable bonds is 6. The molecule has 3 aromatic rings. The zero-order chi connectivity index (χ0) is 19.2. The van der Waals surface area contributed by atoms with E-state index in [0.29, 0.717) is 16.6 Å². The first-order chi connectivity index (χ1) is 13.0. The van der Waals surface area contributed by atoms with Crippen molar-refractivity contribution in [3.05, 3.63) is 80.3 Å². The Bertz CT molecular complexity index is 1070. The van der Waals surface area contributed by atoms with E-state index in [1.807, 2.05) is 6.07 Å². The highest BCUT2D eigenvalue weighted by atomic mass is 16.6. The third-order valence-corrected chi connectivity index (χ3v) is 3.77. The second kappa shape index (κ2) is 8.00. The van der Waals surface area contributed by atoms with Crippen molar-refractivity contribution >= 4 is 28.8 Å². The zero-order valence-corrected chi connectivity index (χ0v) is 14.1. The van der Waals surface area contributed by atoms with Crippen LogP contribution in [0.15, 0.2) is 58.4 Å². The van der Waals surface area contributed by atoms with E-state index in [1.165, 1.54) is 30.5 Å². The van der Waals surface area contributed by atoms with E-state index in [0.717, 1.165) is 0 Å². The Kier molecular flexibility index (Phi) is 5.31. The fourth-order valence-electron chi connectivity index (χ4n) is 2.39. The molecule has 1 heterocycles. The van der Waals surface area contributed by atoms with Gasteiger partial charge in [-0.05, 0) is 29.8 Å². The first-order valence-corrected chi connectivity index (χ1v) is 8.07. The molecule has 0 radical (unpaired) electrons. The predicted molar refractivity (Wildman–Crippen MR) is 99.5 cm³/mol. The topological polar surface area (TPSA) is 130 Å². The molecule has 1 aromatic heterocycles.